The molecule has 2 aromatic heterocycles. The monoisotopic (exact) mass is 747 g/mol. The van der Waals surface area contributed by atoms with Gasteiger partial charge in [-0.2, -0.15) is 26.6 Å². The van der Waals surface area contributed by atoms with Gasteiger partial charge in [0.2, 0.25) is 0 Å². The number of rotatable bonds is 8. The highest BCUT2D eigenvalue weighted by atomic mass is 35.5. The molecule has 0 spiro atoms. The fourth-order valence-corrected chi connectivity index (χ4v) is 4.99. The molecule has 12 nitrogen and oxygen atoms in total. The lowest BCUT2D eigenvalue weighted by molar-refractivity contribution is -0.146. The van der Waals surface area contributed by atoms with E-state index in [2.05, 4.69) is 15.1 Å². The van der Waals surface area contributed by atoms with Crippen LogP contribution in [0.1, 0.15) is 28.5 Å². The Morgan fingerprint density at radius 1 is 0.980 bits per heavy atom. The maximum Gasteiger partial charge on any atom is 0.416 e. The summed E-state index contributed by atoms with van der Waals surface area (Å²) in [5, 5.41) is 11.6. The maximum absolute atomic E-state index is 13.5. The number of halogens is 7. The highest BCUT2D eigenvalue weighted by Crippen LogP contribution is 2.37. The van der Waals surface area contributed by atoms with E-state index in [1.54, 1.807) is 17.7 Å². The molecule has 258 valence electrons. The number of alkyl halides is 3. The molecule has 0 aliphatic rings. The van der Waals surface area contributed by atoms with Gasteiger partial charge in [0.25, 0.3) is 21.0 Å². The zero-order valence-corrected chi connectivity index (χ0v) is 27.0. The number of carboxylic acids is 1. The van der Waals surface area contributed by atoms with Gasteiger partial charge in [-0.25, -0.2) is 27.9 Å². The number of fused-ring (bicyclic) bond motifs is 1. The average Bonchev–Trinajstić information content (AvgIpc) is 3.45. The van der Waals surface area contributed by atoms with Crippen molar-refractivity contribution in [1.82, 2.24) is 19.6 Å². The Labute approximate surface area is 283 Å². The van der Waals surface area contributed by atoms with Crippen LogP contribution in [-0.4, -0.2) is 51.1 Å². The first-order chi connectivity index (χ1) is 22.9. The van der Waals surface area contributed by atoms with E-state index in [0.29, 0.717) is 11.8 Å². The van der Waals surface area contributed by atoms with Crippen molar-refractivity contribution in [2.45, 2.75) is 31.3 Å². The fraction of sp³-hybridized carbons (Fsp3) is 0.138. The van der Waals surface area contributed by atoms with Crippen LogP contribution < -0.4 is 9.46 Å². The molecule has 5 aromatic rings. The van der Waals surface area contributed by atoms with Crippen LogP contribution in [0.4, 0.5) is 27.6 Å². The molecule has 0 aliphatic carbocycles. The van der Waals surface area contributed by atoms with Crippen molar-refractivity contribution in [2.75, 3.05) is 4.72 Å². The quantitative estimate of drug-likeness (QED) is 0.126. The largest absolute Gasteiger partial charge is 0.479 e. The third-order valence-corrected chi connectivity index (χ3v) is 7.79. The Kier molecular flexibility index (Phi) is 10.9. The first kappa shape index (κ1) is 36.8. The number of anilines is 1. The Morgan fingerprint density at radius 3 is 2.27 bits per heavy atom. The van der Waals surface area contributed by atoms with E-state index in [9.17, 15) is 40.0 Å². The van der Waals surface area contributed by atoms with Gasteiger partial charge in [-0.3, -0.25) is 4.72 Å². The lowest BCUT2D eigenvalue weighted by Crippen LogP contribution is -2.23. The van der Waals surface area contributed by atoms with Crippen LogP contribution in [0.3, 0.4) is 0 Å². The van der Waals surface area contributed by atoms with Crippen LogP contribution >= 0.6 is 23.2 Å². The van der Waals surface area contributed by atoms with E-state index in [1.165, 1.54) is 18.3 Å². The number of aromatic nitrogens is 4. The number of nitrogens with zero attached hydrogens (tertiary/aromatic N) is 4. The van der Waals surface area contributed by atoms with Crippen LogP contribution in [0.2, 0.25) is 10.0 Å². The molecule has 2 heterocycles. The molecule has 0 bridgehead atoms. The Bertz CT molecular complexity index is 2150. The summed E-state index contributed by atoms with van der Waals surface area (Å²) in [6, 6.07) is 10.9. The molecule has 0 saturated carbocycles. The Hall–Kier alpha value is -5.07. The van der Waals surface area contributed by atoms with Gasteiger partial charge in [0, 0.05) is 11.9 Å². The van der Waals surface area contributed by atoms with E-state index in [1.807, 2.05) is 0 Å². The highest BCUT2D eigenvalue weighted by molar-refractivity contribution is 7.92. The molecule has 5 rings (SSSR count). The lowest BCUT2D eigenvalue weighted by atomic mass is 10.2. The topological polar surface area (TPSA) is 162 Å². The number of hydrogen-bond acceptors (Lipinski definition) is 9. The number of aryl methyl sites for hydroxylation is 1. The van der Waals surface area contributed by atoms with Crippen molar-refractivity contribution in [3.8, 4) is 11.5 Å². The molecule has 0 aliphatic heterocycles. The molecular formula is C29H20Cl2F5N5O7S. The number of sulfonamides is 1. The number of carbonyl (C=O) groups is 2. The minimum atomic E-state index is -4.56. The molecule has 0 unspecified atom stereocenters. The van der Waals surface area contributed by atoms with Crippen LogP contribution in [-0.2, 0) is 25.7 Å². The maximum atomic E-state index is 13.5. The third kappa shape index (κ3) is 9.09. The zero-order chi connectivity index (χ0) is 36.3. The summed E-state index contributed by atoms with van der Waals surface area (Å²) in [7, 11) is -4.35. The number of nitrogens with one attached hydrogen (secondary N) is 1. The van der Waals surface area contributed by atoms with Crippen LogP contribution in [0.25, 0.3) is 5.78 Å². The second-order valence-electron chi connectivity index (χ2n) is 9.68. The second kappa shape index (κ2) is 14.6. The summed E-state index contributed by atoms with van der Waals surface area (Å²) < 4.78 is 102. The molecule has 1 atom stereocenters. The summed E-state index contributed by atoms with van der Waals surface area (Å²) >= 11 is 11.7. The second-order valence-corrected chi connectivity index (χ2v) is 12.1. The SMILES string of the molecule is C[C@H](OC(=O)c1cc(Oc2ccc(C(F)(F)F)cc2Cl)ccc1Cl)C(=O)O.Cc1ccn2nc(S(=O)(=O)Nc3c(F)cccc3F)nc2n1. The summed E-state index contributed by atoms with van der Waals surface area (Å²) in [5.41, 5.74) is -1.28. The number of para-hydroxylation sites is 1. The number of ether oxygens (including phenoxy) is 2. The van der Waals surface area contributed by atoms with Gasteiger partial charge in [-0.15, -0.1) is 5.10 Å². The molecule has 0 saturated heterocycles. The summed E-state index contributed by atoms with van der Waals surface area (Å²) in [4.78, 5) is 30.5. The van der Waals surface area contributed by atoms with E-state index in [-0.39, 0.29) is 32.9 Å². The normalized spacial score (nSPS) is 12.1. The van der Waals surface area contributed by atoms with Crippen LogP contribution in [0.5, 0.6) is 11.5 Å². The summed E-state index contributed by atoms with van der Waals surface area (Å²) in [6.45, 7) is 2.87. The molecule has 49 heavy (non-hydrogen) atoms. The number of benzene rings is 3. The van der Waals surface area contributed by atoms with Crippen molar-refractivity contribution in [1.29, 1.82) is 0 Å². The first-order valence-corrected chi connectivity index (χ1v) is 15.5. The minimum Gasteiger partial charge on any atom is -0.479 e. The van der Waals surface area contributed by atoms with Gasteiger partial charge in [0.15, 0.2) is 6.10 Å². The van der Waals surface area contributed by atoms with Gasteiger partial charge >= 0.3 is 18.1 Å². The number of aliphatic carboxylic acids is 1. The Balaban J connectivity index is 0.000000225. The van der Waals surface area contributed by atoms with Crippen molar-refractivity contribution >= 4 is 56.6 Å². The van der Waals surface area contributed by atoms with Crippen LogP contribution in [0.15, 0.2) is 72.0 Å². The first-order valence-electron chi connectivity index (χ1n) is 13.3. The highest BCUT2D eigenvalue weighted by Gasteiger charge is 2.31. The van der Waals surface area contributed by atoms with Crippen molar-refractivity contribution in [3.63, 3.8) is 0 Å². The zero-order valence-electron chi connectivity index (χ0n) is 24.7. The minimum absolute atomic E-state index is 0.0246. The van der Waals surface area contributed by atoms with Crippen LogP contribution in [0, 0.1) is 18.6 Å². The molecular weight excluding hydrogens is 728 g/mol. The number of carboxylic acid groups (broad SMARTS) is 1. The van der Waals surface area contributed by atoms with E-state index >= 15 is 0 Å². The predicted octanol–water partition coefficient (Wildman–Crippen LogP) is 6.95. The summed E-state index contributed by atoms with van der Waals surface area (Å²) in [6.07, 6.45) is -4.48. The molecule has 0 radical (unpaired) electrons. The Morgan fingerprint density at radius 2 is 1.65 bits per heavy atom. The fourth-order valence-electron chi connectivity index (χ4n) is 3.62. The van der Waals surface area contributed by atoms with E-state index in [4.69, 9.17) is 37.8 Å². The van der Waals surface area contributed by atoms with Gasteiger partial charge in [0.05, 0.1) is 21.2 Å². The number of hydrogen-bond donors (Lipinski definition) is 2. The standard InChI is InChI=1S/C17H11Cl2F3O5.C12H9F2N5O2S/c1-8(15(23)24)26-16(25)11-7-10(3-4-12(11)18)27-14-5-2-9(6-13(14)19)17(20,21)22;1-7-5-6-19-11(15-7)16-12(17-19)22(20,21)18-10-8(13)3-2-4-9(10)14/h2-8H,1H3,(H,23,24);2-6,18H,1H3/t8-;/m0./s1. The number of carbonyl (C=O) groups excluding carboxylic acids is 1. The average molecular weight is 748 g/mol. The molecule has 20 heteroatoms. The smallest absolute Gasteiger partial charge is 0.416 e. The van der Waals surface area contributed by atoms with Crippen molar-refractivity contribution < 1.29 is 54.5 Å². The molecule has 2 N–H and O–H groups in total. The van der Waals surface area contributed by atoms with Gasteiger partial charge in [-0.1, -0.05) is 29.3 Å². The summed E-state index contributed by atoms with van der Waals surface area (Å²) in [5.74, 6) is -4.40. The van der Waals surface area contributed by atoms with Gasteiger partial charge < -0.3 is 14.6 Å². The van der Waals surface area contributed by atoms with E-state index < -0.39 is 62.3 Å². The predicted molar refractivity (Wildman–Crippen MR) is 163 cm³/mol. The van der Waals surface area contributed by atoms with E-state index in [0.717, 1.165) is 47.8 Å². The van der Waals surface area contributed by atoms with Gasteiger partial charge in [0.1, 0.15) is 28.8 Å². The molecule has 0 amide bonds. The number of esters is 1. The van der Waals surface area contributed by atoms with Crippen molar-refractivity contribution in [2.24, 2.45) is 0 Å². The lowest BCUT2D eigenvalue weighted by Gasteiger charge is -2.13. The molecule has 0 fully saturated rings. The molecule has 3 aromatic carbocycles. The van der Waals surface area contributed by atoms with Gasteiger partial charge in [-0.05, 0) is 68.4 Å². The van der Waals surface area contributed by atoms with Crippen molar-refractivity contribution in [3.05, 3.63) is 105 Å². The third-order valence-electron chi connectivity index (χ3n) is 6.04.